The molecule has 3 N–H and O–H groups in total. The number of Topliss-reactive ketones (excluding diaryl/α,β-unsaturated/α-hetero) is 1. The van der Waals surface area contributed by atoms with Crippen LogP contribution >= 0.6 is 0 Å². The molecule has 1 heterocycles. The van der Waals surface area contributed by atoms with Crippen molar-refractivity contribution in [3.63, 3.8) is 0 Å². The number of H-pyrrole nitrogens is 1. The number of nitrogens with zero attached hydrogens (tertiary/aromatic N) is 1. The summed E-state index contributed by atoms with van der Waals surface area (Å²) in [6.45, 7) is 0. The molecule has 4 nitrogen and oxygen atoms in total. The second kappa shape index (κ2) is 4.14. The molecule has 2 rings (SSSR count). The van der Waals surface area contributed by atoms with Crippen LogP contribution in [0, 0.1) is 5.82 Å². The lowest BCUT2D eigenvalue weighted by Gasteiger charge is -2.01. The molecule has 1 aromatic carbocycles. The third-order valence-corrected chi connectivity index (χ3v) is 2.20. The number of carbonyl (C=O) groups is 1. The number of anilines is 1. The van der Waals surface area contributed by atoms with Crippen molar-refractivity contribution in [2.45, 2.75) is 6.42 Å². The SMILES string of the molecule is Nc1cc(C(=O)Cc2ncc[nH]2)ccc1F. The fourth-order valence-corrected chi connectivity index (χ4v) is 1.37. The Labute approximate surface area is 91.3 Å². The van der Waals surface area contributed by atoms with Crippen LogP contribution in [0.1, 0.15) is 16.2 Å². The summed E-state index contributed by atoms with van der Waals surface area (Å²) in [5.41, 5.74) is 5.74. The van der Waals surface area contributed by atoms with Crippen molar-refractivity contribution in [1.29, 1.82) is 0 Å². The molecule has 0 bridgehead atoms. The Bertz CT molecular complexity index is 508. The highest BCUT2D eigenvalue weighted by Gasteiger charge is 2.10. The fraction of sp³-hybridized carbons (Fsp3) is 0.0909. The summed E-state index contributed by atoms with van der Waals surface area (Å²) in [4.78, 5) is 18.5. The van der Waals surface area contributed by atoms with Gasteiger partial charge in [-0.25, -0.2) is 9.37 Å². The Morgan fingerprint density at radius 2 is 2.31 bits per heavy atom. The molecule has 0 aliphatic carbocycles. The van der Waals surface area contributed by atoms with E-state index in [2.05, 4.69) is 9.97 Å². The highest BCUT2D eigenvalue weighted by molar-refractivity contribution is 5.97. The van der Waals surface area contributed by atoms with Gasteiger partial charge < -0.3 is 10.7 Å². The number of aromatic nitrogens is 2. The maximum Gasteiger partial charge on any atom is 0.170 e. The second-order valence-corrected chi connectivity index (χ2v) is 3.37. The molecule has 0 unspecified atom stereocenters. The number of benzene rings is 1. The van der Waals surface area contributed by atoms with Crippen LogP contribution in [-0.4, -0.2) is 15.8 Å². The summed E-state index contributed by atoms with van der Waals surface area (Å²) < 4.78 is 12.9. The maximum absolute atomic E-state index is 12.9. The molecule has 2 aromatic rings. The Kier molecular flexibility index (Phi) is 2.68. The molecule has 0 aliphatic rings. The number of carbonyl (C=O) groups excluding carboxylic acids is 1. The third-order valence-electron chi connectivity index (χ3n) is 2.20. The van der Waals surface area contributed by atoms with Crippen molar-refractivity contribution in [2.75, 3.05) is 5.73 Å². The average molecular weight is 219 g/mol. The van der Waals surface area contributed by atoms with Gasteiger partial charge in [-0.15, -0.1) is 0 Å². The summed E-state index contributed by atoms with van der Waals surface area (Å²) >= 11 is 0. The average Bonchev–Trinajstić information content (AvgIpc) is 2.74. The number of halogens is 1. The topological polar surface area (TPSA) is 71.8 Å². The minimum absolute atomic E-state index is 0.0229. The standard InChI is InChI=1S/C11H10FN3O/c12-8-2-1-7(5-9(8)13)10(16)6-11-14-3-4-15-11/h1-5H,6,13H2,(H,14,15). The zero-order valence-electron chi connectivity index (χ0n) is 8.40. The van der Waals surface area contributed by atoms with Crippen molar-refractivity contribution < 1.29 is 9.18 Å². The lowest BCUT2D eigenvalue weighted by Crippen LogP contribution is -2.06. The number of hydrogen-bond acceptors (Lipinski definition) is 3. The van der Waals surface area contributed by atoms with Crippen molar-refractivity contribution in [1.82, 2.24) is 9.97 Å². The minimum atomic E-state index is -0.519. The van der Waals surface area contributed by atoms with E-state index in [-0.39, 0.29) is 17.9 Å². The van der Waals surface area contributed by atoms with Crippen LogP contribution in [0.2, 0.25) is 0 Å². The van der Waals surface area contributed by atoms with E-state index in [0.29, 0.717) is 11.4 Å². The van der Waals surface area contributed by atoms with E-state index >= 15 is 0 Å². The summed E-state index contributed by atoms with van der Waals surface area (Å²) in [6.07, 6.45) is 3.36. The number of ketones is 1. The van der Waals surface area contributed by atoms with E-state index in [1.165, 1.54) is 18.2 Å². The van der Waals surface area contributed by atoms with Crippen LogP contribution in [0.4, 0.5) is 10.1 Å². The molecule has 0 fully saturated rings. The van der Waals surface area contributed by atoms with Gasteiger partial charge in [-0.05, 0) is 18.2 Å². The molecule has 0 radical (unpaired) electrons. The van der Waals surface area contributed by atoms with Crippen molar-refractivity contribution >= 4 is 11.5 Å². The number of hydrogen-bond donors (Lipinski definition) is 2. The van der Waals surface area contributed by atoms with Gasteiger partial charge in [-0.3, -0.25) is 4.79 Å². The summed E-state index contributed by atoms with van der Waals surface area (Å²) in [5, 5.41) is 0. The molecule has 0 saturated carbocycles. The van der Waals surface area contributed by atoms with Crippen LogP contribution in [0.5, 0.6) is 0 Å². The molecular weight excluding hydrogens is 209 g/mol. The van der Waals surface area contributed by atoms with E-state index in [4.69, 9.17) is 5.73 Å². The van der Waals surface area contributed by atoms with E-state index in [1.54, 1.807) is 12.4 Å². The molecule has 0 saturated heterocycles. The second-order valence-electron chi connectivity index (χ2n) is 3.37. The summed E-state index contributed by atoms with van der Waals surface area (Å²) in [6, 6.07) is 3.93. The van der Waals surface area contributed by atoms with Gasteiger partial charge in [-0.2, -0.15) is 0 Å². The normalized spacial score (nSPS) is 10.3. The highest BCUT2D eigenvalue weighted by atomic mass is 19.1. The molecule has 16 heavy (non-hydrogen) atoms. The molecule has 0 atom stereocenters. The highest BCUT2D eigenvalue weighted by Crippen LogP contribution is 2.13. The molecule has 0 aliphatic heterocycles. The molecule has 0 spiro atoms. The Morgan fingerprint density at radius 3 is 2.94 bits per heavy atom. The van der Waals surface area contributed by atoms with Crippen molar-refractivity contribution in [3.05, 3.63) is 47.8 Å². The number of nitrogens with two attached hydrogens (primary N) is 1. The zero-order valence-corrected chi connectivity index (χ0v) is 8.40. The zero-order chi connectivity index (χ0) is 11.5. The van der Waals surface area contributed by atoms with Crippen LogP contribution in [0.15, 0.2) is 30.6 Å². The first-order valence-corrected chi connectivity index (χ1v) is 4.73. The first-order valence-electron chi connectivity index (χ1n) is 4.73. The minimum Gasteiger partial charge on any atom is -0.396 e. The predicted octanol–water partition coefficient (Wildman–Crippen LogP) is 1.56. The number of aromatic amines is 1. The van der Waals surface area contributed by atoms with Gasteiger partial charge in [0.1, 0.15) is 11.6 Å². The molecule has 5 heteroatoms. The van der Waals surface area contributed by atoms with E-state index in [1.807, 2.05) is 0 Å². The van der Waals surface area contributed by atoms with Crippen molar-refractivity contribution in [2.24, 2.45) is 0 Å². The molecule has 0 amide bonds. The van der Waals surface area contributed by atoms with Gasteiger partial charge in [-0.1, -0.05) is 0 Å². The largest absolute Gasteiger partial charge is 0.396 e. The van der Waals surface area contributed by atoms with Crippen LogP contribution in [0.25, 0.3) is 0 Å². The van der Waals surface area contributed by atoms with Gasteiger partial charge in [0.15, 0.2) is 5.78 Å². The van der Waals surface area contributed by atoms with Crippen molar-refractivity contribution in [3.8, 4) is 0 Å². The van der Waals surface area contributed by atoms with E-state index in [9.17, 15) is 9.18 Å². The first-order chi connectivity index (χ1) is 7.66. The van der Waals surface area contributed by atoms with Gasteiger partial charge in [0.25, 0.3) is 0 Å². The van der Waals surface area contributed by atoms with Crippen LogP contribution in [0.3, 0.4) is 0 Å². The molecule has 82 valence electrons. The number of nitrogens with one attached hydrogen (secondary N) is 1. The summed E-state index contributed by atoms with van der Waals surface area (Å²) in [5.74, 6) is -0.0934. The monoisotopic (exact) mass is 219 g/mol. The van der Waals surface area contributed by atoms with Crippen LogP contribution in [-0.2, 0) is 6.42 Å². The molecular formula is C11H10FN3O. The number of imidazole rings is 1. The quantitative estimate of drug-likeness (QED) is 0.607. The van der Waals surface area contributed by atoms with Gasteiger partial charge in [0.05, 0.1) is 12.1 Å². The third kappa shape index (κ3) is 2.08. The van der Waals surface area contributed by atoms with Gasteiger partial charge in [0.2, 0.25) is 0 Å². The van der Waals surface area contributed by atoms with E-state index < -0.39 is 5.82 Å². The van der Waals surface area contributed by atoms with Gasteiger partial charge in [0, 0.05) is 18.0 Å². The maximum atomic E-state index is 12.9. The van der Waals surface area contributed by atoms with Crippen LogP contribution < -0.4 is 5.73 Å². The van der Waals surface area contributed by atoms with E-state index in [0.717, 1.165) is 0 Å². The Morgan fingerprint density at radius 1 is 1.50 bits per heavy atom. The Balaban J connectivity index is 2.18. The molecule has 1 aromatic heterocycles. The predicted molar refractivity (Wildman–Crippen MR) is 57.4 cm³/mol. The first kappa shape index (κ1) is 10.4. The number of nitrogen functional groups attached to an aromatic ring is 1. The fourth-order valence-electron chi connectivity index (χ4n) is 1.37. The van der Waals surface area contributed by atoms with Gasteiger partial charge >= 0.3 is 0 Å². The summed E-state index contributed by atoms with van der Waals surface area (Å²) in [7, 11) is 0. The smallest absolute Gasteiger partial charge is 0.170 e. The number of rotatable bonds is 3. The lowest BCUT2D eigenvalue weighted by molar-refractivity contribution is 0.0991. The lowest BCUT2D eigenvalue weighted by atomic mass is 10.1. The Hall–Kier alpha value is -2.17.